The number of hydrogen-bond donors (Lipinski definition) is 1. The van der Waals surface area contributed by atoms with Crippen molar-refractivity contribution < 1.29 is 4.74 Å². The van der Waals surface area contributed by atoms with Crippen LogP contribution in [0, 0.1) is 0 Å². The van der Waals surface area contributed by atoms with Crippen molar-refractivity contribution in [3.8, 4) is 0 Å². The third-order valence-electron chi connectivity index (χ3n) is 3.20. The van der Waals surface area contributed by atoms with Crippen molar-refractivity contribution in [2.24, 2.45) is 5.73 Å². The lowest BCUT2D eigenvalue weighted by Gasteiger charge is -2.04. The standard InChI is InChI=1S/C19H27NO/c1-3-10-19(21-2)15-6-4-5-11-17-12-7-8-13-18(17)14-9-16-20/h5-8,10-13,15H,3-4,9,14,16,20H2,1-2H3/b11-5+,15-6-,19-10+. The molecule has 0 unspecified atom stereocenters. The first-order chi connectivity index (χ1) is 10.3. The van der Waals surface area contributed by atoms with E-state index in [4.69, 9.17) is 10.5 Å². The van der Waals surface area contributed by atoms with Crippen molar-refractivity contribution in [3.63, 3.8) is 0 Å². The van der Waals surface area contributed by atoms with Gasteiger partial charge in [0.2, 0.25) is 0 Å². The fourth-order valence-electron chi connectivity index (χ4n) is 2.10. The molecule has 114 valence electrons. The Balaban J connectivity index is 2.57. The molecule has 1 rings (SSSR count). The Morgan fingerprint density at radius 1 is 1.24 bits per heavy atom. The third kappa shape index (κ3) is 6.96. The lowest BCUT2D eigenvalue weighted by molar-refractivity contribution is 0.305. The van der Waals surface area contributed by atoms with Crippen molar-refractivity contribution in [2.75, 3.05) is 13.7 Å². The van der Waals surface area contributed by atoms with Crippen LogP contribution in [0.2, 0.25) is 0 Å². The summed E-state index contributed by atoms with van der Waals surface area (Å²) in [6.07, 6.45) is 14.5. The van der Waals surface area contributed by atoms with E-state index in [2.05, 4.69) is 55.5 Å². The van der Waals surface area contributed by atoms with E-state index >= 15 is 0 Å². The van der Waals surface area contributed by atoms with Crippen molar-refractivity contribution in [3.05, 3.63) is 65.5 Å². The van der Waals surface area contributed by atoms with E-state index in [0.717, 1.165) is 38.0 Å². The summed E-state index contributed by atoms with van der Waals surface area (Å²) in [7, 11) is 1.70. The number of nitrogens with two attached hydrogens (primary N) is 1. The molecule has 0 saturated carbocycles. The second kappa shape index (κ2) is 10.9. The first-order valence-electron chi connectivity index (χ1n) is 7.67. The average molecular weight is 285 g/mol. The largest absolute Gasteiger partial charge is 0.497 e. The molecule has 0 aromatic heterocycles. The summed E-state index contributed by atoms with van der Waals surface area (Å²) in [4.78, 5) is 0. The van der Waals surface area contributed by atoms with E-state index in [9.17, 15) is 0 Å². The van der Waals surface area contributed by atoms with E-state index in [1.54, 1.807) is 7.11 Å². The molecular formula is C19H27NO. The summed E-state index contributed by atoms with van der Waals surface area (Å²) >= 11 is 0. The lowest BCUT2D eigenvalue weighted by Crippen LogP contribution is -2.01. The Morgan fingerprint density at radius 2 is 2.05 bits per heavy atom. The number of benzene rings is 1. The van der Waals surface area contributed by atoms with E-state index < -0.39 is 0 Å². The molecule has 0 heterocycles. The van der Waals surface area contributed by atoms with Gasteiger partial charge in [-0.05, 0) is 55.5 Å². The Bertz CT molecular complexity index is 486. The van der Waals surface area contributed by atoms with Crippen LogP contribution in [0.3, 0.4) is 0 Å². The molecule has 2 nitrogen and oxygen atoms in total. The minimum absolute atomic E-state index is 0.740. The molecule has 0 radical (unpaired) electrons. The van der Waals surface area contributed by atoms with Crippen molar-refractivity contribution >= 4 is 6.08 Å². The molecule has 0 atom stereocenters. The first kappa shape index (κ1) is 17.3. The van der Waals surface area contributed by atoms with E-state index in [1.165, 1.54) is 11.1 Å². The highest BCUT2D eigenvalue weighted by Gasteiger charge is 1.97. The number of hydrogen-bond acceptors (Lipinski definition) is 2. The van der Waals surface area contributed by atoms with Gasteiger partial charge in [-0.2, -0.15) is 0 Å². The van der Waals surface area contributed by atoms with Gasteiger partial charge in [0.25, 0.3) is 0 Å². The van der Waals surface area contributed by atoms with Crippen LogP contribution in [0.5, 0.6) is 0 Å². The van der Waals surface area contributed by atoms with Gasteiger partial charge in [0.15, 0.2) is 0 Å². The maximum Gasteiger partial charge on any atom is 0.114 e. The highest BCUT2D eigenvalue weighted by atomic mass is 16.5. The number of allylic oxidation sites excluding steroid dienone is 4. The predicted molar refractivity (Wildman–Crippen MR) is 92.0 cm³/mol. The summed E-state index contributed by atoms with van der Waals surface area (Å²) in [5.41, 5.74) is 8.24. The molecule has 0 bridgehead atoms. The second-order valence-corrected chi connectivity index (χ2v) is 4.85. The van der Waals surface area contributed by atoms with Crippen LogP contribution in [0.25, 0.3) is 6.08 Å². The zero-order valence-corrected chi connectivity index (χ0v) is 13.2. The van der Waals surface area contributed by atoms with Gasteiger partial charge in [0.05, 0.1) is 7.11 Å². The van der Waals surface area contributed by atoms with Gasteiger partial charge in [-0.15, -0.1) is 0 Å². The van der Waals surface area contributed by atoms with Crippen LogP contribution in [0.15, 0.2) is 54.3 Å². The number of aryl methyl sites for hydroxylation is 1. The van der Waals surface area contributed by atoms with Crippen LogP contribution in [0.4, 0.5) is 0 Å². The van der Waals surface area contributed by atoms with Crippen LogP contribution >= 0.6 is 0 Å². The van der Waals surface area contributed by atoms with Gasteiger partial charge in [-0.1, -0.05) is 49.4 Å². The normalized spacial score (nSPS) is 12.4. The van der Waals surface area contributed by atoms with E-state index in [0.29, 0.717) is 0 Å². The molecule has 2 N–H and O–H groups in total. The maximum atomic E-state index is 5.59. The SMILES string of the molecule is CC/C=C(\C=C/C/C=C/c1ccccc1CCCN)OC. The molecule has 2 heteroatoms. The van der Waals surface area contributed by atoms with Gasteiger partial charge >= 0.3 is 0 Å². The maximum absolute atomic E-state index is 5.59. The molecule has 0 aliphatic carbocycles. The summed E-state index contributed by atoms with van der Waals surface area (Å²) in [6, 6.07) is 8.50. The van der Waals surface area contributed by atoms with Crippen molar-refractivity contribution in [1.29, 1.82) is 0 Å². The molecule has 0 saturated heterocycles. The van der Waals surface area contributed by atoms with E-state index in [-0.39, 0.29) is 0 Å². The van der Waals surface area contributed by atoms with Gasteiger partial charge in [0, 0.05) is 0 Å². The minimum atomic E-state index is 0.740. The minimum Gasteiger partial charge on any atom is -0.497 e. The Kier molecular flexibility index (Phi) is 8.98. The number of ether oxygens (including phenoxy) is 1. The van der Waals surface area contributed by atoms with Crippen molar-refractivity contribution in [2.45, 2.75) is 32.6 Å². The van der Waals surface area contributed by atoms with Gasteiger partial charge < -0.3 is 10.5 Å². The smallest absolute Gasteiger partial charge is 0.114 e. The van der Waals surface area contributed by atoms with Gasteiger partial charge in [0.1, 0.15) is 5.76 Å². The summed E-state index contributed by atoms with van der Waals surface area (Å²) < 4.78 is 5.26. The summed E-state index contributed by atoms with van der Waals surface area (Å²) in [6.45, 7) is 2.84. The average Bonchev–Trinajstić information content (AvgIpc) is 2.52. The molecule has 0 spiro atoms. The number of rotatable bonds is 9. The molecule has 0 aliphatic heterocycles. The van der Waals surface area contributed by atoms with Crippen molar-refractivity contribution in [1.82, 2.24) is 0 Å². The van der Waals surface area contributed by atoms with Gasteiger partial charge in [-0.25, -0.2) is 0 Å². The molecule has 0 fully saturated rings. The Hall–Kier alpha value is -1.80. The number of methoxy groups -OCH3 is 1. The Morgan fingerprint density at radius 3 is 2.76 bits per heavy atom. The summed E-state index contributed by atoms with van der Waals surface area (Å²) in [5.74, 6) is 0.925. The fraction of sp³-hybridized carbons (Fsp3) is 0.368. The molecule has 0 amide bonds. The highest BCUT2D eigenvalue weighted by Crippen LogP contribution is 2.13. The fourth-order valence-corrected chi connectivity index (χ4v) is 2.10. The Labute approximate surface area is 129 Å². The van der Waals surface area contributed by atoms with Crippen LogP contribution in [0.1, 0.15) is 37.3 Å². The lowest BCUT2D eigenvalue weighted by atomic mass is 10.0. The monoisotopic (exact) mass is 285 g/mol. The second-order valence-electron chi connectivity index (χ2n) is 4.85. The quantitative estimate of drug-likeness (QED) is 0.536. The van der Waals surface area contributed by atoms with Crippen LogP contribution in [-0.2, 0) is 11.2 Å². The molecule has 1 aromatic carbocycles. The topological polar surface area (TPSA) is 35.2 Å². The van der Waals surface area contributed by atoms with Gasteiger partial charge in [-0.3, -0.25) is 0 Å². The molecular weight excluding hydrogens is 258 g/mol. The molecule has 0 aliphatic rings. The van der Waals surface area contributed by atoms with Crippen LogP contribution in [-0.4, -0.2) is 13.7 Å². The highest BCUT2D eigenvalue weighted by molar-refractivity contribution is 5.53. The van der Waals surface area contributed by atoms with Crippen LogP contribution < -0.4 is 5.73 Å². The zero-order valence-electron chi connectivity index (χ0n) is 13.2. The summed E-state index contributed by atoms with van der Waals surface area (Å²) in [5, 5.41) is 0. The molecule has 1 aromatic rings. The zero-order chi connectivity index (χ0) is 15.3. The predicted octanol–water partition coefficient (Wildman–Crippen LogP) is 4.48. The first-order valence-corrected chi connectivity index (χ1v) is 7.67. The molecule has 21 heavy (non-hydrogen) atoms. The van der Waals surface area contributed by atoms with E-state index in [1.807, 2.05) is 6.08 Å². The third-order valence-corrected chi connectivity index (χ3v) is 3.20.